The van der Waals surface area contributed by atoms with Crippen LogP contribution in [0.3, 0.4) is 0 Å². The van der Waals surface area contributed by atoms with Crippen molar-refractivity contribution in [1.29, 1.82) is 0 Å². The maximum atomic E-state index is 3.93. The van der Waals surface area contributed by atoms with Crippen LogP contribution in [0.2, 0.25) is 0 Å². The molecule has 1 heteroatoms. The van der Waals surface area contributed by atoms with Gasteiger partial charge >= 0.3 is 0 Å². The maximum absolute atomic E-state index is 3.93. The van der Waals surface area contributed by atoms with Gasteiger partial charge in [-0.05, 0) is 44.2 Å². The molecule has 0 saturated heterocycles. The van der Waals surface area contributed by atoms with E-state index in [2.05, 4.69) is 62.4 Å². The molecule has 0 aliphatic rings. The van der Waals surface area contributed by atoms with Gasteiger partial charge in [0.05, 0.1) is 10.9 Å². The van der Waals surface area contributed by atoms with Crippen molar-refractivity contribution in [3.8, 4) is 0 Å². The van der Waals surface area contributed by atoms with Crippen molar-refractivity contribution < 1.29 is 0 Å². The standard InChI is InChI=1S/C20H21N/c1-6-10-16(8-3)21-19(11-7-2)17(9-4)18-14-15(5)12-13-20(18)21/h6-14H,1-3H2,4-5H3/b16-10+,17-9-,19-11+. The molecule has 0 radical (unpaired) electrons. The second-order valence-corrected chi connectivity index (χ2v) is 4.88. The zero-order valence-electron chi connectivity index (χ0n) is 12.8. The van der Waals surface area contributed by atoms with Gasteiger partial charge in [0.15, 0.2) is 0 Å². The molecule has 21 heavy (non-hydrogen) atoms. The topological polar surface area (TPSA) is 4.93 Å². The third-order valence-electron chi connectivity index (χ3n) is 3.52. The normalized spacial score (nSPS) is 13.7. The zero-order valence-corrected chi connectivity index (χ0v) is 12.8. The predicted molar refractivity (Wildman–Crippen MR) is 95.4 cm³/mol. The van der Waals surface area contributed by atoms with Crippen molar-refractivity contribution in [1.82, 2.24) is 4.57 Å². The Morgan fingerprint density at radius 3 is 2.48 bits per heavy atom. The minimum atomic E-state index is 1.00. The lowest BCUT2D eigenvalue weighted by Gasteiger charge is -2.07. The molecule has 106 valence electrons. The highest BCUT2D eigenvalue weighted by molar-refractivity contribution is 5.87. The average Bonchev–Trinajstić information content (AvgIpc) is 2.77. The van der Waals surface area contributed by atoms with Gasteiger partial charge in [-0.3, -0.25) is 0 Å². The highest BCUT2D eigenvalue weighted by Gasteiger charge is 2.08. The zero-order chi connectivity index (χ0) is 15.4. The quantitative estimate of drug-likeness (QED) is 0.745. The van der Waals surface area contributed by atoms with Crippen LogP contribution < -0.4 is 10.6 Å². The molecule has 0 spiro atoms. The molecular formula is C20H21N. The fourth-order valence-electron chi connectivity index (χ4n) is 2.66. The third kappa shape index (κ3) is 2.55. The molecule has 0 bridgehead atoms. The number of hydrogen-bond donors (Lipinski definition) is 0. The van der Waals surface area contributed by atoms with Crippen molar-refractivity contribution in [2.45, 2.75) is 13.8 Å². The molecule has 0 saturated carbocycles. The minimum absolute atomic E-state index is 1.00. The summed E-state index contributed by atoms with van der Waals surface area (Å²) >= 11 is 0. The number of nitrogens with zero attached hydrogens (tertiary/aromatic N) is 1. The summed E-state index contributed by atoms with van der Waals surface area (Å²) in [4.78, 5) is 0. The van der Waals surface area contributed by atoms with Gasteiger partial charge in [0.25, 0.3) is 0 Å². The lowest BCUT2D eigenvalue weighted by molar-refractivity contribution is 1.11. The number of allylic oxidation sites excluding steroid dienone is 5. The Hall–Kier alpha value is -2.54. The van der Waals surface area contributed by atoms with Crippen LogP contribution in [0.25, 0.3) is 28.8 Å². The lowest BCUT2D eigenvalue weighted by atomic mass is 10.1. The Balaban J connectivity index is 3.13. The molecule has 0 unspecified atom stereocenters. The van der Waals surface area contributed by atoms with Gasteiger partial charge in [0, 0.05) is 16.3 Å². The van der Waals surface area contributed by atoms with Gasteiger partial charge in [-0.25, -0.2) is 0 Å². The lowest BCUT2D eigenvalue weighted by Crippen LogP contribution is -2.28. The second-order valence-electron chi connectivity index (χ2n) is 4.88. The number of hydrogen-bond acceptors (Lipinski definition) is 0. The summed E-state index contributed by atoms with van der Waals surface area (Å²) < 4.78 is 2.19. The minimum Gasteiger partial charge on any atom is -0.309 e. The Labute approximate surface area is 126 Å². The molecule has 0 aliphatic carbocycles. The van der Waals surface area contributed by atoms with Crippen molar-refractivity contribution >= 4 is 28.8 Å². The van der Waals surface area contributed by atoms with Crippen LogP contribution in [0, 0.1) is 6.92 Å². The van der Waals surface area contributed by atoms with E-state index < -0.39 is 0 Å². The molecule has 1 aromatic carbocycles. The molecule has 0 atom stereocenters. The molecule has 0 amide bonds. The van der Waals surface area contributed by atoms with Gasteiger partial charge in [0.1, 0.15) is 0 Å². The summed E-state index contributed by atoms with van der Waals surface area (Å²) in [5.41, 5.74) is 3.41. The fourth-order valence-corrected chi connectivity index (χ4v) is 2.66. The van der Waals surface area contributed by atoms with Gasteiger partial charge < -0.3 is 4.57 Å². The first-order chi connectivity index (χ1) is 10.2. The van der Waals surface area contributed by atoms with Crippen LogP contribution in [-0.4, -0.2) is 4.57 Å². The Morgan fingerprint density at radius 1 is 1.14 bits per heavy atom. The Morgan fingerprint density at radius 2 is 1.90 bits per heavy atom. The van der Waals surface area contributed by atoms with Crippen molar-refractivity contribution in [2.75, 3.05) is 0 Å². The first kappa shape index (κ1) is 14.9. The van der Waals surface area contributed by atoms with Gasteiger partial charge in [-0.2, -0.15) is 0 Å². The summed E-state index contributed by atoms with van der Waals surface area (Å²) in [7, 11) is 0. The fraction of sp³-hybridized carbons (Fsp3) is 0.100. The van der Waals surface area contributed by atoms with Crippen LogP contribution in [-0.2, 0) is 0 Å². The van der Waals surface area contributed by atoms with Crippen molar-refractivity contribution in [3.05, 3.63) is 78.4 Å². The van der Waals surface area contributed by atoms with E-state index in [-0.39, 0.29) is 0 Å². The van der Waals surface area contributed by atoms with E-state index in [1.807, 2.05) is 24.3 Å². The molecule has 0 fully saturated rings. The van der Waals surface area contributed by atoms with E-state index in [1.54, 1.807) is 6.08 Å². The third-order valence-corrected chi connectivity index (χ3v) is 3.52. The number of fused-ring (bicyclic) bond motifs is 1. The van der Waals surface area contributed by atoms with Crippen LogP contribution in [0.1, 0.15) is 12.5 Å². The van der Waals surface area contributed by atoms with Crippen LogP contribution in [0.15, 0.2) is 62.2 Å². The van der Waals surface area contributed by atoms with E-state index in [9.17, 15) is 0 Å². The molecule has 2 aromatic rings. The van der Waals surface area contributed by atoms with Gasteiger partial charge in [-0.15, -0.1) is 0 Å². The Bertz CT molecular complexity index is 857. The monoisotopic (exact) mass is 275 g/mol. The summed E-state index contributed by atoms with van der Waals surface area (Å²) in [6, 6.07) is 6.50. The molecule has 1 aromatic heterocycles. The van der Waals surface area contributed by atoms with Crippen LogP contribution >= 0.6 is 0 Å². The number of aromatic nitrogens is 1. The van der Waals surface area contributed by atoms with Gasteiger partial charge in [0.2, 0.25) is 0 Å². The molecule has 1 heterocycles. The van der Waals surface area contributed by atoms with Crippen LogP contribution in [0.5, 0.6) is 0 Å². The van der Waals surface area contributed by atoms with E-state index in [0.29, 0.717) is 0 Å². The smallest absolute Gasteiger partial charge is 0.0541 e. The molecule has 0 N–H and O–H groups in total. The highest BCUT2D eigenvalue weighted by atomic mass is 15.0. The largest absolute Gasteiger partial charge is 0.309 e. The maximum Gasteiger partial charge on any atom is 0.0541 e. The van der Waals surface area contributed by atoms with Gasteiger partial charge in [-0.1, -0.05) is 49.6 Å². The van der Waals surface area contributed by atoms with Crippen molar-refractivity contribution in [2.24, 2.45) is 0 Å². The SMILES string of the molecule is C=C/C=C(\C=C)n1c(=C/C=C)/c(=C\C)c2cc(C)ccc21. The first-order valence-electron chi connectivity index (χ1n) is 7.03. The predicted octanol–water partition coefficient (Wildman–Crippen LogP) is 3.93. The number of rotatable bonds is 4. The van der Waals surface area contributed by atoms with E-state index in [0.717, 1.165) is 16.6 Å². The highest BCUT2D eigenvalue weighted by Crippen LogP contribution is 2.16. The van der Waals surface area contributed by atoms with Crippen LogP contribution in [0.4, 0.5) is 0 Å². The molecule has 0 aliphatic heterocycles. The molecule has 1 nitrogen and oxygen atoms in total. The summed E-state index contributed by atoms with van der Waals surface area (Å²) in [5.74, 6) is 0. The van der Waals surface area contributed by atoms with Crippen molar-refractivity contribution in [3.63, 3.8) is 0 Å². The second kappa shape index (κ2) is 6.27. The van der Waals surface area contributed by atoms with E-state index in [1.165, 1.54) is 16.2 Å². The van der Waals surface area contributed by atoms with E-state index in [4.69, 9.17) is 0 Å². The summed E-state index contributed by atoms with van der Waals surface area (Å²) in [6.07, 6.45) is 11.6. The van der Waals surface area contributed by atoms with E-state index >= 15 is 0 Å². The first-order valence-corrected chi connectivity index (χ1v) is 7.03. The summed E-state index contributed by atoms with van der Waals surface area (Å²) in [6.45, 7) is 15.7. The number of aryl methyl sites for hydroxylation is 1. The average molecular weight is 275 g/mol. The molecular weight excluding hydrogens is 254 g/mol. The Kier molecular flexibility index (Phi) is 4.44. The molecule has 2 rings (SSSR count). The number of benzene rings is 1. The summed E-state index contributed by atoms with van der Waals surface area (Å²) in [5, 5.41) is 3.56.